The Kier molecular flexibility index (Phi) is 10.9. The topological polar surface area (TPSA) is 86.9 Å². The number of aryl methyl sites for hydroxylation is 1. The van der Waals surface area contributed by atoms with Crippen molar-refractivity contribution in [3.63, 3.8) is 0 Å². The largest absolute Gasteiger partial charge is 0.478 e. The van der Waals surface area contributed by atoms with E-state index < -0.39 is 0 Å². The maximum atomic E-state index is 7.70. The van der Waals surface area contributed by atoms with E-state index in [4.69, 9.17) is 19.9 Å². The smallest absolute Gasteiger partial charge is 0.174 e. The van der Waals surface area contributed by atoms with Gasteiger partial charge >= 0.3 is 0 Å². The zero-order valence-electron chi connectivity index (χ0n) is 23.6. The molecule has 2 heterocycles. The lowest BCUT2D eigenvalue weighted by Gasteiger charge is -2.23. The summed E-state index contributed by atoms with van der Waals surface area (Å²) in [6.07, 6.45) is 5.41. The van der Waals surface area contributed by atoms with Crippen molar-refractivity contribution in [3.8, 4) is 0 Å². The lowest BCUT2D eigenvalue weighted by atomic mass is 10.1. The van der Waals surface area contributed by atoms with Gasteiger partial charge in [0.1, 0.15) is 17.1 Å². The Bertz CT molecular complexity index is 1270. The number of allylic oxidation sites excluding steroid dienone is 1. The minimum atomic E-state index is 0.182. The normalized spacial score (nSPS) is 13.4. The van der Waals surface area contributed by atoms with E-state index in [9.17, 15) is 0 Å². The van der Waals surface area contributed by atoms with Crippen LogP contribution in [0.5, 0.6) is 0 Å². The van der Waals surface area contributed by atoms with Crippen LogP contribution in [0.3, 0.4) is 0 Å². The molecular weight excluding hydrogens is 496 g/mol. The molecule has 0 aliphatic heterocycles. The maximum Gasteiger partial charge on any atom is 0.174 e. The van der Waals surface area contributed by atoms with Gasteiger partial charge in [-0.25, -0.2) is 9.98 Å². The summed E-state index contributed by atoms with van der Waals surface area (Å²) < 4.78 is 12.8. The molecule has 1 N–H and O–H groups in total. The molecule has 0 amide bonds. The van der Waals surface area contributed by atoms with Crippen LogP contribution in [0.25, 0.3) is 15.9 Å². The molecule has 8 nitrogen and oxygen atoms in total. The number of pyridine rings is 1. The molecular formula is C29H40N6O2S. The summed E-state index contributed by atoms with van der Waals surface area (Å²) >= 11 is 1.60. The summed E-state index contributed by atoms with van der Waals surface area (Å²) in [6, 6.07) is 10.4. The Hall–Kier alpha value is -3.14. The minimum Gasteiger partial charge on any atom is -0.478 e. The molecule has 3 rings (SSSR count). The van der Waals surface area contributed by atoms with E-state index in [1.54, 1.807) is 17.5 Å². The first-order valence-corrected chi connectivity index (χ1v) is 13.7. The quantitative estimate of drug-likeness (QED) is 0.208. The van der Waals surface area contributed by atoms with Gasteiger partial charge in [0.2, 0.25) is 0 Å². The Labute approximate surface area is 230 Å². The summed E-state index contributed by atoms with van der Waals surface area (Å²) in [5.41, 5.74) is 5.71. The maximum absolute atomic E-state index is 7.70. The number of rotatable bonds is 14. The minimum absolute atomic E-state index is 0.182. The van der Waals surface area contributed by atoms with Gasteiger partial charge in [0.25, 0.3) is 0 Å². The number of thiazole rings is 1. The van der Waals surface area contributed by atoms with Gasteiger partial charge in [-0.2, -0.15) is 0 Å². The monoisotopic (exact) mass is 536 g/mol. The number of aromatic nitrogens is 2. The first-order chi connectivity index (χ1) is 18.2. The molecule has 9 heteroatoms. The van der Waals surface area contributed by atoms with E-state index in [1.165, 1.54) is 18.2 Å². The van der Waals surface area contributed by atoms with E-state index in [2.05, 4.69) is 67.0 Å². The third-order valence-electron chi connectivity index (χ3n) is 5.68. The third kappa shape index (κ3) is 8.72. The highest BCUT2D eigenvalue weighted by atomic mass is 32.1. The van der Waals surface area contributed by atoms with E-state index in [0.29, 0.717) is 13.0 Å². The summed E-state index contributed by atoms with van der Waals surface area (Å²) in [6.45, 7) is 10.3. The van der Waals surface area contributed by atoms with Crippen LogP contribution in [0.4, 0.5) is 0 Å². The van der Waals surface area contributed by atoms with E-state index in [1.807, 2.05) is 32.0 Å². The second-order valence-corrected chi connectivity index (χ2v) is 11.0. The Morgan fingerprint density at radius 2 is 1.92 bits per heavy atom. The van der Waals surface area contributed by atoms with Gasteiger partial charge in [-0.05, 0) is 51.9 Å². The molecule has 0 fully saturated rings. The zero-order chi connectivity index (χ0) is 27.7. The third-order valence-corrected chi connectivity index (χ3v) is 6.71. The molecule has 0 aliphatic carbocycles. The summed E-state index contributed by atoms with van der Waals surface area (Å²) in [5, 5.41) is 8.55. The van der Waals surface area contributed by atoms with Crippen molar-refractivity contribution < 1.29 is 9.47 Å². The second-order valence-electron chi connectivity index (χ2n) is 9.97. The SMILES string of the molecule is Cc1cc2sc(/C(=C(\CC=N)N=COCc3cccc(CN(C)CC(C)OC(C)C)c3)N(C)C)nc2cn1. The molecule has 0 bridgehead atoms. The predicted molar refractivity (Wildman–Crippen MR) is 158 cm³/mol. The van der Waals surface area contributed by atoms with Gasteiger partial charge in [-0.1, -0.05) is 24.3 Å². The van der Waals surface area contributed by atoms with Crippen molar-refractivity contribution in [2.75, 3.05) is 27.7 Å². The van der Waals surface area contributed by atoms with Crippen LogP contribution in [0.2, 0.25) is 0 Å². The molecule has 0 radical (unpaired) electrons. The summed E-state index contributed by atoms with van der Waals surface area (Å²) in [7, 11) is 6.03. The highest BCUT2D eigenvalue weighted by molar-refractivity contribution is 7.19. The van der Waals surface area contributed by atoms with E-state index >= 15 is 0 Å². The molecule has 0 spiro atoms. The Balaban J connectivity index is 1.69. The van der Waals surface area contributed by atoms with Crippen molar-refractivity contribution in [2.24, 2.45) is 4.99 Å². The number of fused-ring (bicyclic) bond motifs is 1. The number of likely N-dealkylation sites (N-methyl/N-ethyl adjacent to an activating group) is 1. The van der Waals surface area contributed by atoms with Crippen LogP contribution < -0.4 is 0 Å². The molecule has 2 aromatic heterocycles. The lowest BCUT2D eigenvalue weighted by Crippen LogP contribution is -2.30. The first kappa shape index (κ1) is 29.4. The predicted octanol–water partition coefficient (Wildman–Crippen LogP) is 5.76. The van der Waals surface area contributed by atoms with Crippen molar-refractivity contribution in [1.29, 1.82) is 5.41 Å². The second kappa shape index (κ2) is 14.1. The highest BCUT2D eigenvalue weighted by Crippen LogP contribution is 2.31. The molecule has 204 valence electrons. The van der Waals surface area contributed by atoms with Crippen molar-refractivity contribution in [2.45, 2.75) is 59.5 Å². The number of ether oxygens (including phenoxy) is 2. The summed E-state index contributed by atoms with van der Waals surface area (Å²) in [4.78, 5) is 18.0. The van der Waals surface area contributed by atoms with Crippen LogP contribution in [0, 0.1) is 12.3 Å². The fourth-order valence-electron chi connectivity index (χ4n) is 4.29. The Morgan fingerprint density at radius 3 is 2.63 bits per heavy atom. The molecule has 0 saturated carbocycles. The van der Waals surface area contributed by atoms with E-state index in [0.717, 1.165) is 51.0 Å². The van der Waals surface area contributed by atoms with Crippen LogP contribution in [0.15, 0.2) is 47.2 Å². The molecule has 1 unspecified atom stereocenters. The van der Waals surface area contributed by atoms with Gasteiger partial charge in [-0.3, -0.25) is 9.88 Å². The molecule has 38 heavy (non-hydrogen) atoms. The van der Waals surface area contributed by atoms with Gasteiger partial charge < -0.3 is 19.8 Å². The standard InChI is InChI=1S/C29H40N6O2S/c1-20(2)37-22(4)16-35(7)17-23-9-8-10-24(14-23)18-36-19-32-25(11-12-30)28(34(5)6)29-33-26-15-31-21(3)13-27(26)38-29/h8-10,12-15,19-20,22,30H,11,16-18H2,1-7H3/b28-25-,30-12?,32-19?. The highest BCUT2D eigenvalue weighted by Gasteiger charge is 2.16. The average Bonchev–Trinajstić information content (AvgIpc) is 3.23. The number of benzene rings is 1. The van der Waals surface area contributed by atoms with Gasteiger partial charge in [0, 0.05) is 45.5 Å². The Morgan fingerprint density at radius 1 is 1.16 bits per heavy atom. The van der Waals surface area contributed by atoms with Crippen molar-refractivity contribution in [3.05, 3.63) is 64.1 Å². The number of nitrogens with one attached hydrogen (secondary N) is 1. The van der Waals surface area contributed by atoms with Crippen molar-refractivity contribution >= 4 is 39.9 Å². The fourth-order valence-corrected chi connectivity index (χ4v) is 5.47. The summed E-state index contributed by atoms with van der Waals surface area (Å²) in [5.74, 6) is 0. The van der Waals surface area contributed by atoms with Crippen molar-refractivity contribution in [1.82, 2.24) is 19.8 Å². The molecule has 1 atom stereocenters. The van der Waals surface area contributed by atoms with Gasteiger partial charge in [0.15, 0.2) is 6.40 Å². The van der Waals surface area contributed by atoms with Gasteiger partial charge in [-0.15, -0.1) is 11.3 Å². The molecule has 0 saturated heterocycles. The first-order valence-electron chi connectivity index (χ1n) is 12.8. The fraction of sp³-hybridized carbons (Fsp3) is 0.448. The number of nitrogens with zero attached hydrogens (tertiary/aromatic N) is 5. The number of hydrogen-bond donors (Lipinski definition) is 1. The van der Waals surface area contributed by atoms with Crippen LogP contribution in [-0.4, -0.2) is 72.3 Å². The zero-order valence-corrected chi connectivity index (χ0v) is 24.4. The number of aliphatic imine (C=N–C) groups is 1. The van der Waals surface area contributed by atoms with Crippen LogP contribution >= 0.6 is 11.3 Å². The van der Waals surface area contributed by atoms with Crippen LogP contribution in [0.1, 0.15) is 49.0 Å². The molecule has 1 aromatic carbocycles. The van der Waals surface area contributed by atoms with Gasteiger partial charge in [0.05, 0.1) is 34.5 Å². The van der Waals surface area contributed by atoms with E-state index in [-0.39, 0.29) is 12.2 Å². The molecule has 3 aromatic rings. The molecule has 0 aliphatic rings. The van der Waals surface area contributed by atoms with Crippen LogP contribution in [-0.2, 0) is 22.6 Å². The number of hydrogen-bond acceptors (Lipinski definition) is 9. The lowest BCUT2D eigenvalue weighted by molar-refractivity contribution is 0.00162. The average molecular weight is 537 g/mol.